The lowest BCUT2D eigenvalue weighted by Crippen LogP contribution is -2.39. The van der Waals surface area contributed by atoms with Crippen molar-refractivity contribution in [1.29, 1.82) is 0 Å². The van der Waals surface area contributed by atoms with Gasteiger partial charge in [0.1, 0.15) is 11.3 Å². The van der Waals surface area contributed by atoms with Gasteiger partial charge in [-0.05, 0) is 44.9 Å². The molecule has 2 rings (SSSR count). The first-order valence-electron chi connectivity index (χ1n) is 8.40. The maximum absolute atomic E-state index is 12.0. The molecule has 0 saturated carbocycles. The van der Waals surface area contributed by atoms with E-state index in [0.29, 0.717) is 30.9 Å². The predicted molar refractivity (Wildman–Crippen MR) is 98.9 cm³/mol. The lowest BCUT2D eigenvalue weighted by Gasteiger charge is -2.29. The zero-order chi connectivity index (χ0) is 19.2. The van der Waals surface area contributed by atoms with Gasteiger partial charge in [0.25, 0.3) is 5.91 Å². The number of pyridine rings is 1. The van der Waals surface area contributed by atoms with Gasteiger partial charge in [-0.15, -0.1) is 0 Å². The molecule has 0 bridgehead atoms. The van der Waals surface area contributed by atoms with Gasteiger partial charge in [0.15, 0.2) is 0 Å². The second kappa shape index (κ2) is 8.50. The largest absolute Gasteiger partial charge is 0.444 e. The van der Waals surface area contributed by atoms with E-state index in [-0.39, 0.29) is 11.8 Å². The van der Waals surface area contributed by atoms with Gasteiger partial charge >= 0.3 is 6.09 Å². The fourth-order valence-electron chi connectivity index (χ4n) is 2.24. The Bertz CT molecular complexity index is 663. The number of nitrogens with zero attached hydrogens (tertiary/aromatic N) is 2. The molecule has 1 aromatic heterocycles. The molecule has 2 amide bonds. The minimum Gasteiger partial charge on any atom is -0.444 e. The topological polar surface area (TPSA) is 112 Å². The zero-order valence-electron chi connectivity index (χ0n) is 15.6. The van der Waals surface area contributed by atoms with Crippen molar-refractivity contribution in [1.82, 2.24) is 9.88 Å². The number of aromatic nitrogens is 1. The highest BCUT2D eigenvalue weighted by atomic mass is 16.6. The molecule has 25 heavy (non-hydrogen) atoms. The van der Waals surface area contributed by atoms with Crippen LogP contribution in [0.25, 0.3) is 5.57 Å². The van der Waals surface area contributed by atoms with E-state index in [0.717, 1.165) is 5.57 Å². The number of rotatable bonds is 2. The second-order valence-corrected chi connectivity index (χ2v) is 6.44. The molecule has 0 aromatic carbocycles. The minimum atomic E-state index is -0.620. The van der Waals surface area contributed by atoms with Gasteiger partial charge in [-0.1, -0.05) is 19.9 Å². The molecule has 0 saturated heterocycles. The molecule has 0 unspecified atom stereocenters. The summed E-state index contributed by atoms with van der Waals surface area (Å²) in [6, 6.07) is 3.14. The molecule has 0 fully saturated rings. The van der Waals surface area contributed by atoms with Crippen LogP contribution in [0.2, 0.25) is 0 Å². The molecular formula is C18H28N4O3. The zero-order valence-corrected chi connectivity index (χ0v) is 15.6. The Kier molecular flexibility index (Phi) is 6.97. The lowest BCUT2D eigenvalue weighted by atomic mass is 10.0. The van der Waals surface area contributed by atoms with E-state index >= 15 is 0 Å². The summed E-state index contributed by atoms with van der Waals surface area (Å²) in [6.45, 7) is 10.4. The van der Waals surface area contributed by atoms with E-state index in [1.807, 2.05) is 40.7 Å². The number of anilines is 1. The van der Waals surface area contributed by atoms with Gasteiger partial charge in [-0.25, -0.2) is 9.78 Å². The highest BCUT2D eigenvalue weighted by Crippen LogP contribution is 2.24. The van der Waals surface area contributed by atoms with Crippen molar-refractivity contribution in [3.63, 3.8) is 0 Å². The van der Waals surface area contributed by atoms with Crippen molar-refractivity contribution in [2.24, 2.45) is 5.73 Å². The smallest absolute Gasteiger partial charge is 0.410 e. The third-order valence-electron chi connectivity index (χ3n) is 3.29. The SMILES string of the molecule is CC.CC(C)(C)OC(=O)N1CC=C(c2cc(N)cc(C(N)=O)n2)CC1. The third kappa shape index (κ3) is 6.10. The molecule has 0 radical (unpaired) electrons. The van der Waals surface area contributed by atoms with Crippen LogP contribution >= 0.6 is 0 Å². The maximum atomic E-state index is 12.0. The van der Waals surface area contributed by atoms with Crippen LogP contribution in [0.4, 0.5) is 10.5 Å². The van der Waals surface area contributed by atoms with Crippen molar-refractivity contribution in [2.75, 3.05) is 18.8 Å². The number of hydrogen-bond acceptors (Lipinski definition) is 5. The van der Waals surface area contributed by atoms with E-state index < -0.39 is 11.5 Å². The molecule has 0 aliphatic carbocycles. The quantitative estimate of drug-likeness (QED) is 0.853. The Hall–Kier alpha value is -2.57. The first kappa shape index (κ1) is 20.5. The van der Waals surface area contributed by atoms with E-state index in [1.54, 1.807) is 11.0 Å². The molecule has 1 aliphatic rings. The lowest BCUT2D eigenvalue weighted by molar-refractivity contribution is 0.0270. The molecule has 7 heteroatoms. The first-order chi connectivity index (χ1) is 11.7. The van der Waals surface area contributed by atoms with Gasteiger partial charge in [0, 0.05) is 18.8 Å². The standard InChI is InChI=1S/C16H22N4O3.C2H6/c1-16(2,3)23-15(22)20-6-4-10(5-7-20)12-8-11(17)9-13(19-12)14(18)21;1-2/h4,8-9H,5-7H2,1-3H3,(H2,17,19)(H2,18,21);1-2H3. The van der Waals surface area contributed by atoms with Crippen LogP contribution in [0.5, 0.6) is 0 Å². The van der Waals surface area contributed by atoms with Gasteiger partial charge in [-0.2, -0.15) is 0 Å². The Balaban J connectivity index is 0.00000151. The van der Waals surface area contributed by atoms with Crippen LogP contribution in [-0.2, 0) is 4.74 Å². The third-order valence-corrected chi connectivity index (χ3v) is 3.29. The van der Waals surface area contributed by atoms with Crippen molar-refractivity contribution in [3.05, 3.63) is 29.6 Å². The monoisotopic (exact) mass is 348 g/mol. The molecule has 1 aromatic rings. The van der Waals surface area contributed by atoms with Crippen molar-refractivity contribution in [3.8, 4) is 0 Å². The van der Waals surface area contributed by atoms with Crippen molar-refractivity contribution < 1.29 is 14.3 Å². The Labute approximate surface area is 149 Å². The molecule has 0 atom stereocenters. The van der Waals surface area contributed by atoms with Crippen LogP contribution < -0.4 is 11.5 Å². The predicted octanol–water partition coefficient (Wildman–Crippen LogP) is 2.81. The number of hydrogen-bond donors (Lipinski definition) is 2. The fourth-order valence-corrected chi connectivity index (χ4v) is 2.24. The summed E-state index contributed by atoms with van der Waals surface area (Å²) in [4.78, 5) is 29.2. The number of ether oxygens (including phenoxy) is 1. The van der Waals surface area contributed by atoms with E-state index in [4.69, 9.17) is 16.2 Å². The van der Waals surface area contributed by atoms with Crippen molar-refractivity contribution in [2.45, 2.75) is 46.6 Å². The number of primary amides is 1. The summed E-state index contributed by atoms with van der Waals surface area (Å²) in [7, 11) is 0. The molecule has 2 heterocycles. The Morgan fingerprint density at radius 1 is 1.24 bits per heavy atom. The maximum Gasteiger partial charge on any atom is 0.410 e. The second-order valence-electron chi connectivity index (χ2n) is 6.44. The van der Waals surface area contributed by atoms with Crippen LogP contribution in [0, 0.1) is 0 Å². The van der Waals surface area contributed by atoms with E-state index in [9.17, 15) is 9.59 Å². The number of carbonyl (C=O) groups excluding carboxylic acids is 2. The van der Waals surface area contributed by atoms with Gasteiger partial charge in [0.2, 0.25) is 0 Å². The molecule has 1 aliphatic heterocycles. The Morgan fingerprint density at radius 2 is 1.88 bits per heavy atom. The van der Waals surface area contributed by atoms with E-state index in [1.165, 1.54) is 6.07 Å². The molecule has 4 N–H and O–H groups in total. The van der Waals surface area contributed by atoms with Crippen LogP contribution in [0.15, 0.2) is 18.2 Å². The molecule has 138 valence electrons. The van der Waals surface area contributed by atoms with Gasteiger partial charge < -0.3 is 21.1 Å². The summed E-state index contributed by atoms with van der Waals surface area (Å²) in [5.41, 5.74) is 12.6. The van der Waals surface area contributed by atoms with Crippen LogP contribution in [-0.4, -0.2) is 40.6 Å². The Morgan fingerprint density at radius 3 is 2.36 bits per heavy atom. The average molecular weight is 348 g/mol. The molecule has 7 nitrogen and oxygen atoms in total. The van der Waals surface area contributed by atoms with Crippen molar-refractivity contribution >= 4 is 23.3 Å². The van der Waals surface area contributed by atoms with Crippen LogP contribution in [0.3, 0.4) is 0 Å². The van der Waals surface area contributed by atoms with Gasteiger partial charge in [0.05, 0.1) is 5.69 Å². The number of carbonyl (C=O) groups is 2. The van der Waals surface area contributed by atoms with Crippen LogP contribution in [0.1, 0.15) is 57.2 Å². The number of nitrogens with two attached hydrogens (primary N) is 2. The molecular weight excluding hydrogens is 320 g/mol. The highest BCUT2D eigenvalue weighted by molar-refractivity contribution is 5.92. The first-order valence-corrected chi connectivity index (χ1v) is 8.40. The number of amides is 2. The summed E-state index contributed by atoms with van der Waals surface area (Å²) >= 11 is 0. The van der Waals surface area contributed by atoms with Gasteiger partial charge in [-0.3, -0.25) is 4.79 Å². The summed E-state index contributed by atoms with van der Waals surface area (Å²) in [5.74, 6) is -0.620. The highest BCUT2D eigenvalue weighted by Gasteiger charge is 2.24. The average Bonchev–Trinajstić information content (AvgIpc) is 2.54. The summed E-state index contributed by atoms with van der Waals surface area (Å²) in [6.07, 6.45) is 2.15. The number of nitrogen functional groups attached to an aromatic ring is 1. The summed E-state index contributed by atoms with van der Waals surface area (Å²) < 4.78 is 5.35. The minimum absolute atomic E-state index is 0.135. The normalized spacial score (nSPS) is 14.1. The van der Waals surface area contributed by atoms with E-state index in [2.05, 4.69) is 4.98 Å². The summed E-state index contributed by atoms with van der Waals surface area (Å²) in [5, 5.41) is 0. The molecule has 0 spiro atoms. The fraction of sp³-hybridized carbons (Fsp3) is 0.500.